The van der Waals surface area contributed by atoms with Crippen LogP contribution in [0, 0.1) is 6.92 Å². The summed E-state index contributed by atoms with van der Waals surface area (Å²) in [6, 6.07) is 13.7. The Morgan fingerprint density at radius 3 is 1.85 bits per heavy atom. The topological polar surface area (TPSA) is 25.8 Å². The van der Waals surface area contributed by atoms with Crippen LogP contribution in [-0.2, 0) is 12.4 Å². The largest absolute Gasteiger partial charge is 0.416 e. The number of aryl methyl sites for hydroxylation is 1. The van der Waals surface area contributed by atoms with Gasteiger partial charge in [0.15, 0.2) is 0 Å². The Hall–Kier alpha value is -3.68. The van der Waals surface area contributed by atoms with Gasteiger partial charge in [0.25, 0.3) is 0 Å². The molecule has 1 aromatic heterocycles. The summed E-state index contributed by atoms with van der Waals surface area (Å²) in [6.07, 6.45) is -8.21. The van der Waals surface area contributed by atoms with Crippen molar-refractivity contribution in [3.05, 3.63) is 83.7 Å². The summed E-state index contributed by atoms with van der Waals surface area (Å²) < 4.78 is 80.0. The number of halogens is 6. The van der Waals surface area contributed by atoms with Crippen molar-refractivity contribution < 1.29 is 26.3 Å². The van der Waals surface area contributed by atoms with Crippen LogP contribution in [0.5, 0.6) is 0 Å². The van der Waals surface area contributed by atoms with E-state index in [9.17, 15) is 26.3 Å². The average molecular weight is 456 g/mol. The van der Waals surface area contributed by atoms with Crippen LogP contribution in [0.1, 0.15) is 16.8 Å². The van der Waals surface area contributed by atoms with Crippen molar-refractivity contribution in [2.45, 2.75) is 19.3 Å². The molecule has 0 spiro atoms. The van der Waals surface area contributed by atoms with E-state index in [1.807, 2.05) is 31.2 Å². The van der Waals surface area contributed by atoms with Gasteiger partial charge in [0.05, 0.1) is 27.9 Å². The van der Waals surface area contributed by atoms with Gasteiger partial charge in [-0.1, -0.05) is 36.4 Å². The van der Waals surface area contributed by atoms with Crippen LogP contribution >= 0.6 is 0 Å². The lowest BCUT2D eigenvalue weighted by Gasteiger charge is -2.15. The molecule has 0 fully saturated rings. The number of hydrogen-bond acceptors (Lipinski definition) is 2. The molecule has 1 heterocycles. The Morgan fingerprint density at radius 1 is 0.606 bits per heavy atom. The Labute approximate surface area is 183 Å². The fraction of sp³-hybridized carbons (Fsp3) is 0.120. The summed E-state index contributed by atoms with van der Waals surface area (Å²) in [6.45, 7) is 1.82. The summed E-state index contributed by atoms with van der Waals surface area (Å²) in [4.78, 5) is 9.09. The van der Waals surface area contributed by atoms with Crippen molar-refractivity contribution in [2.75, 3.05) is 0 Å². The van der Waals surface area contributed by atoms with Crippen molar-refractivity contribution in [3.8, 4) is 11.1 Å². The molecule has 8 heteroatoms. The minimum absolute atomic E-state index is 0.130. The second-order valence-corrected chi connectivity index (χ2v) is 7.81. The minimum atomic E-state index is -4.91. The number of hydrogen-bond donors (Lipinski definition) is 0. The lowest BCUT2D eigenvalue weighted by molar-refractivity contribution is -0.143. The first-order valence-corrected chi connectivity index (χ1v) is 9.90. The summed E-state index contributed by atoms with van der Waals surface area (Å²) in [5, 5.41) is 2.96. The average Bonchev–Trinajstić information content (AvgIpc) is 2.77. The normalized spacial score (nSPS) is 12.7. The first-order chi connectivity index (χ1) is 15.5. The van der Waals surface area contributed by atoms with E-state index in [1.54, 1.807) is 18.3 Å². The summed E-state index contributed by atoms with van der Waals surface area (Å²) in [5.74, 6) is 0. The maximum Gasteiger partial charge on any atom is 0.416 e. The molecule has 0 aliphatic carbocycles. The van der Waals surface area contributed by atoms with E-state index in [-0.39, 0.29) is 17.2 Å². The molecule has 0 unspecified atom stereocenters. The second kappa shape index (κ2) is 7.16. The second-order valence-electron chi connectivity index (χ2n) is 7.81. The van der Waals surface area contributed by atoms with Gasteiger partial charge < -0.3 is 0 Å². The molecule has 0 saturated heterocycles. The van der Waals surface area contributed by atoms with Crippen molar-refractivity contribution >= 4 is 32.6 Å². The van der Waals surface area contributed by atoms with Gasteiger partial charge in [-0.05, 0) is 53.1 Å². The SMILES string of the molecule is Cc1cnc2c3ccc(-c4cc(C(F)(F)F)cc(C(F)(F)F)c4)cc3c3ccccc3c2n1. The van der Waals surface area contributed by atoms with E-state index in [1.165, 1.54) is 6.07 Å². The molecule has 0 N–H and O–H groups in total. The highest BCUT2D eigenvalue weighted by Gasteiger charge is 2.37. The molecule has 5 rings (SSSR count). The van der Waals surface area contributed by atoms with Gasteiger partial charge in [0.1, 0.15) is 0 Å². The zero-order chi connectivity index (χ0) is 23.5. The first-order valence-electron chi connectivity index (χ1n) is 9.90. The number of rotatable bonds is 1. The highest BCUT2D eigenvalue weighted by atomic mass is 19.4. The summed E-state index contributed by atoms with van der Waals surface area (Å²) in [5.41, 5.74) is -0.603. The lowest BCUT2D eigenvalue weighted by atomic mass is 9.94. The van der Waals surface area contributed by atoms with Crippen LogP contribution in [0.3, 0.4) is 0 Å². The maximum atomic E-state index is 13.3. The standard InChI is InChI=1S/C25H14F6N2/c1-13-12-32-22-20-7-6-14(10-21(20)18-4-2-3-5-19(18)23(22)33-13)15-8-16(24(26,27)28)11-17(9-15)25(29,30)31/h2-12H,1H3. The molecular weight excluding hydrogens is 442 g/mol. The van der Waals surface area contributed by atoms with Crippen molar-refractivity contribution in [3.63, 3.8) is 0 Å². The first kappa shape index (κ1) is 21.2. The molecule has 4 aromatic carbocycles. The minimum Gasteiger partial charge on any atom is -0.252 e. The predicted octanol–water partition coefficient (Wildman–Crippen LogP) is 7.95. The van der Waals surface area contributed by atoms with Crippen LogP contribution in [0.4, 0.5) is 26.3 Å². The zero-order valence-electron chi connectivity index (χ0n) is 17.0. The number of benzene rings is 4. The molecule has 33 heavy (non-hydrogen) atoms. The summed E-state index contributed by atoms with van der Waals surface area (Å²) in [7, 11) is 0. The van der Waals surface area contributed by atoms with Gasteiger partial charge in [-0.25, -0.2) is 4.98 Å². The van der Waals surface area contributed by atoms with E-state index in [0.29, 0.717) is 21.8 Å². The third-order valence-electron chi connectivity index (χ3n) is 5.56. The lowest BCUT2D eigenvalue weighted by Crippen LogP contribution is -2.11. The van der Waals surface area contributed by atoms with Crippen LogP contribution in [0.25, 0.3) is 43.7 Å². The number of nitrogens with zero attached hydrogens (tertiary/aromatic N) is 2. The Balaban J connectivity index is 1.84. The fourth-order valence-electron chi connectivity index (χ4n) is 4.06. The molecule has 0 aliphatic rings. The monoisotopic (exact) mass is 456 g/mol. The summed E-state index contributed by atoms with van der Waals surface area (Å²) >= 11 is 0. The highest BCUT2D eigenvalue weighted by Crippen LogP contribution is 2.40. The van der Waals surface area contributed by atoms with E-state index in [0.717, 1.165) is 28.6 Å². The Bertz CT molecular complexity index is 1500. The molecule has 0 aliphatic heterocycles. The van der Waals surface area contributed by atoms with Crippen LogP contribution in [0.15, 0.2) is 66.9 Å². The van der Waals surface area contributed by atoms with Crippen molar-refractivity contribution in [1.29, 1.82) is 0 Å². The molecule has 5 aromatic rings. The Morgan fingerprint density at radius 2 is 1.21 bits per heavy atom. The van der Waals surface area contributed by atoms with Gasteiger partial charge in [-0.15, -0.1) is 0 Å². The van der Waals surface area contributed by atoms with E-state index in [4.69, 9.17) is 0 Å². The fourth-order valence-corrected chi connectivity index (χ4v) is 4.06. The van der Waals surface area contributed by atoms with Gasteiger partial charge in [0.2, 0.25) is 0 Å². The molecule has 0 saturated carbocycles. The van der Waals surface area contributed by atoms with Gasteiger partial charge in [-0.3, -0.25) is 4.98 Å². The predicted molar refractivity (Wildman–Crippen MR) is 115 cm³/mol. The van der Waals surface area contributed by atoms with Crippen molar-refractivity contribution in [2.24, 2.45) is 0 Å². The van der Waals surface area contributed by atoms with Crippen LogP contribution in [-0.4, -0.2) is 9.97 Å². The highest BCUT2D eigenvalue weighted by molar-refractivity contribution is 6.23. The van der Waals surface area contributed by atoms with Gasteiger partial charge in [0, 0.05) is 17.0 Å². The number of aromatic nitrogens is 2. The zero-order valence-corrected chi connectivity index (χ0v) is 17.0. The maximum absolute atomic E-state index is 13.3. The van der Waals surface area contributed by atoms with Crippen molar-refractivity contribution in [1.82, 2.24) is 9.97 Å². The Kier molecular flexibility index (Phi) is 4.60. The molecule has 166 valence electrons. The van der Waals surface area contributed by atoms with Crippen LogP contribution in [0.2, 0.25) is 0 Å². The molecule has 0 radical (unpaired) electrons. The molecule has 0 amide bonds. The number of fused-ring (bicyclic) bond motifs is 6. The quantitative estimate of drug-likeness (QED) is 0.189. The molecule has 2 nitrogen and oxygen atoms in total. The number of alkyl halides is 6. The van der Waals surface area contributed by atoms with Crippen LogP contribution < -0.4 is 0 Å². The third kappa shape index (κ3) is 3.65. The molecule has 0 atom stereocenters. The smallest absolute Gasteiger partial charge is 0.252 e. The van der Waals surface area contributed by atoms with Gasteiger partial charge in [-0.2, -0.15) is 26.3 Å². The van der Waals surface area contributed by atoms with Gasteiger partial charge >= 0.3 is 12.4 Å². The molecular formula is C25H14F6N2. The van der Waals surface area contributed by atoms with E-state index in [2.05, 4.69) is 9.97 Å². The van der Waals surface area contributed by atoms with E-state index >= 15 is 0 Å². The molecule has 0 bridgehead atoms. The van der Waals surface area contributed by atoms with E-state index < -0.39 is 23.5 Å². The third-order valence-corrected chi connectivity index (χ3v) is 5.56.